The topological polar surface area (TPSA) is 34.9 Å². The molecule has 1 aromatic heterocycles. The lowest BCUT2D eigenvalue weighted by Crippen LogP contribution is -2.17. The Morgan fingerprint density at radius 2 is 2.00 bits per heavy atom. The van der Waals surface area contributed by atoms with Crippen LogP contribution in [-0.4, -0.2) is 9.55 Å². The zero-order chi connectivity index (χ0) is 18.8. The van der Waals surface area contributed by atoms with Crippen molar-refractivity contribution in [3.05, 3.63) is 69.7 Å². The van der Waals surface area contributed by atoms with E-state index in [4.69, 9.17) is 0 Å². The first kappa shape index (κ1) is 18.8. The Labute approximate surface area is 163 Å². The third-order valence-corrected chi connectivity index (χ3v) is 6.12. The Balaban J connectivity index is 1.97. The van der Waals surface area contributed by atoms with E-state index in [0.29, 0.717) is 23.0 Å². The summed E-state index contributed by atoms with van der Waals surface area (Å²) < 4.78 is 2.73. The van der Waals surface area contributed by atoms with Gasteiger partial charge in [0.15, 0.2) is 0 Å². The van der Waals surface area contributed by atoms with Crippen LogP contribution in [0.15, 0.2) is 58.3 Å². The molecule has 0 N–H and O–H groups in total. The molecule has 0 saturated heterocycles. The number of allylic oxidation sites excluding steroid dienone is 4. The van der Waals surface area contributed by atoms with E-state index in [1.165, 1.54) is 31.3 Å². The minimum absolute atomic E-state index is 0.211. The highest BCUT2D eigenvalue weighted by Gasteiger charge is 2.20. The van der Waals surface area contributed by atoms with Crippen molar-refractivity contribution in [2.24, 2.45) is 11.8 Å². The van der Waals surface area contributed by atoms with Crippen LogP contribution in [0.3, 0.4) is 0 Å². The van der Waals surface area contributed by atoms with E-state index < -0.39 is 0 Å². The summed E-state index contributed by atoms with van der Waals surface area (Å²) in [5, 5.41) is 0.594. The van der Waals surface area contributed by atoms with Gasteiger partial charge in [-0.3, -0.25) is 9.36 Å². The van der Waals surface area contributed by atoms with Crippen LogP contribution in [0.1, 0.15) is 38.4 Å². The molecule has 1 aliphatic rings. The lowest BCUT2D eigenvalue weighted by molar-refractivity contribution is 0.345. The molecule has 0 spiro atoms. The molecule has 0 amide bonds. The van der Waals surface area contributed by atoms with Crippen molar-refractivity contribution in [2.75, 3.05) is 0 Å². The fourth-order valence-corrected chi connectivity index (χ4v) is 4.48. The highest BCUT2D eigenvalue weighted by atomic mass is 79.9. The van der Waals surface area contributed by atoms with E-state index in [2.05, 4.69) is 53.1 Å². The number of fused-ring (bicyclic) bond motifs is 1. The van der Waals surface area contributed by atoms with Crippen LogP contribution in [0.4, 0.5) is 0 Å². The third-order valence-electron chi connectivity index (χ3n) is 5.46. The van der Waals surface area contributed by atoms with Crippen LogP contribution < -0.4 is 5.56 Å². The number of aromatic nitrogens is 2. The van der Waals surface area contributed by atoms with Crippen molar-refractivity contribution < 1.29 is 0 Å². The normalized spacial score (nSPS) is 21.0. The standard InChI is InChI=1S/C22H25BrN2O/c1-5-17-9-11-18(12-10-17)14(2)13-15(3)25-16(4)24-22(26)21-19(23)7-6-8-20(21)25/h5-8,13,17-18H,1,3,9-12H2,2,4H3/b14-13+. The van der Waals surface area contributed by atoms with E-state index in [1.807, 2.05) is 29.7 Å². The Hall–Kier alpha value is -1.94. The van der Waals surface area contributed by atoms with E-state index in [9.17, 15) is 4.79 Å². The molecule has 0 unspecified atom stereocenters. The minimum Gasteiger partial charge on any atom is -0.298 e. The van der Waals surface area contributed by atoms with E-state index in [0.717, 1.165) is 15.7 Å². The monoisotopic (exact) mass is 412 g/mol. The third kappa shape index (κ3) is 3.61. The van der Waals surface area contributed by atoms with Crippen LogP contribution in [0.2, 0.25) is 0 Å². The summed E-state index contributed by atoms with van der Waals surface area (Å²) in [5.74, 6) is 1.91. The van der Waals surface area contributed by atoms with Crippen molar-refractivity contribution in [2.45, 2.75) is 39.5 Å². The maximum absolute atomic E-state index is 12.3. The Bertz CT molecular complexity index is 947. The lowest BCUT2D eigenvalue weighted by Gasteiger charge is -2.27. The molecule has 1 fully saturated rings. The summed E-state index contributed by atoms with van der Waals surface area (Å²) in [6.45, 7) is 12.2. The van der Waals surface area contributed by atoms with Gasteiger partial charge in [0, 0.05) is 10.2 Å². The van der Waals surface area contributed by atoms with Gasteiger partial charge in [0.2, 0.25) is 0 Å². The summed E-state index contributed by atoms with van der Waals surface area (Å²) in [5.41, 5.74) is 2.82. The molecule has 136 valence electrons. The summed E-state index contributed by atoms with van der Waals surface area (Å²) in [6, 6.07) is 5.75. The number of halogens is 1. The van der Waals surface area contributed by atoms with Crippen LogP contribution >= 0.6 is 15.9 Å². The molecule has 0 bridgehead atoms. The molecule has 1 heterocycles. The maximum Gasteiger partial charge on any atom is 0.281 e. The smallest absolute Gasteiger partial charge is 0.281 e. The number of benzene rings is 1. The zero-order valence-electron chi connectivity index (χ0n) is 15.5. The second-order valence-electron chi connectivity index (χ2n) is 7.16. The molecule has 0 radical (unpaired) electrons. The summed E-state index contributed by atoms with van der Waals surface area (Å²) in [4.78, 5) is 16.5. The Morgan fingerprint density at radius 3 is 2.65 bits per heavy atom. The molecule has 4 heteroatoms. The molecular formula is C22H25BrN2O. The number of hydrogen-bond acceptors (Lipinski definition) is 2. The average Bonchev–Trinajstić information content (AvgIpc) is 2.61. The number of aryl methyl sites for hydroxylation is 1. The quantitative estimate of drug-likeness (QED) is 0.464. The van der Waals surface area contributed by atoms with Crippen LogP contribution in [0, 0.1) is 18.8 Å². The largest absolute Gasteiger partial charge is 0.298 e. The van der Waals surface area contributed by atoms with Gasteiger partial charge in [0.25, 0.3) is 5.56 Å². The molecule has 26 heavy (non-hydrogen) atoms. The molecule has 1 aromatic carbocycles. The molecular weight excluding hydrogens is 388 g/mol. The number of hydrogen-bond donors (Lipinski definition) is 0. The van der Waals surface area contributed by atoms with Gasteiger partial charge in [-0.05, 0) is 85.5 Å². The van der Waals surface area contributed by atoms with Crippen molar-refractivity contribution in [3.8, 4) is 0 Å². The maximum atomic E-state index is 12.3. The molecule has 0 atom stereocenters. The first-order chi connectivity index (χ1) is 12.4. The summed E-state index contributed by atoms with van der Waals surface area (Å²) in [6.07, 6.45) is 9.05. The van der Waals surface area contributed by atoms with E-state index in [-0.39, 0.29) is 5.56 Å². The first-order valence-electron chi connectivity index (χ1n) is 9.10. The van der Waals surface area contributed by atoms with Gasteiger partial charge in [0.1, 0.15) is 5.82 Å². The van der Waals surface area contributed by atoms with Gasteiger partial charge in [-0.2, -0.15) is 4.98 Å². The van der Waals surface area contributed by atoms with E-state index in [1.54, 1.807) is 0 Å². The predicted molar refractivity (Wildman–Crippen MR) is 113 cm³/mol. The summed E-state index contributed by atoms with van der Waals surface area (Å²) >= 11 is 3.47. The second-order valence-corrected chi connectivity index (χ2v) is 8.01. The number of rotatable bonds is 4. The van der Waals surface area contributed by atoms with Crippen molar-refractivity contribution >= 4 is 32.5 Å². The fraction of sp³-hybridized carbons (Fsp3) is 0.364. The van der Waals surface area contributed by atoms with Crippen LogP contribution in [0.25, 0.3) is 16.6 Å². The fourth-order valence-electron chi connectivity index (χ4n) is 3.96. The van der Waals surface area contributed by atoms with Crippen molar-refractivity contribution in [1.29, 1.82) is 0 Å². The second kappa shape index (κ2) is 7.75. The van der Waals surface area contributed by atoms with Crippen LogP contribution in [0.5, 0.6) is 0 Å². The zero-order valence-corrected chi connectivity index (χ0v) is 17.1. The highest BCUT2D eigenvalue weighted by molar-refractivity contribution is 9.10. The molecule has 1 saturated carbocycles. The molecule has 2 aromatic rings. The number of nitrogens with zero attached hydrogens (tertiary/aromatic N) is 2. The Kier molecular flexibility index (Phi) is 5.61. The van der Waals surface area contributed by atoms with Gasteiger partial charge in [0.05, 0.1) is 10.9 Å². The van der Waals surface area contributed by atoms with Crippen molar-refractivity contribution in [3.63, 3.8) is 0 Å². The molecule has 3 rings (SSSR count). The van der Waals surface area contributed by atoms with Crippen LogP contribution in [-0.2, 0) is 0 Å². The average molecular weight is 413 g/mol. The minimum atomic E-state index is -0.211. The van der Waals surface area contributed by atoms with E-state index >= 15 is 0 Å². The molecule has 3 nitrogen and oxygen atoms in total. The molecule has 0 aliphatic heterocycles. The van der Waals surface area contributed by atoms with Gasteiger partial charge in [-0.25, -0.2) is 0 Å². The van der Waals surface area contributed by atoms with Gasteiger partial charge in [-0.15, -0.1) is 6.58 Å². The highest BCUT2D eigenvalue weighted by Crippen LogP contribution is 2.34. The van der Waals surface area contributed by atoms with Crippen molar-refractivity contribution in [1.82, 2.24) is 9.55 Å². The van der Waals surface area contributed by atoms with Gasteiger partial charge in [-0.1, -0.05) is 24.3 Å². The SMILES string of the molecule is C=CC1CCC(/C(C)=C/C(=C)n2c(C)nc(=O)c3c(Br)cccc32)CC1. The predicted octanol–water partition coefficient (Wildman–Crippen LogP) is 5.88. The summed E-state index contributed by atoms with van der Waals surface area (Å²) in [7, 11) is 0. The lowest BCUT2D eigenvalue weighted by atomic mass is 9.79. The molecule has 1 aliphatic carbocycles. The Morgan fingerprint density at radius 1 is 1.31 bits per heavy atom. The van der Waals surface area contributed by atoms with Gasteiger partial charge < -0.3 is 0 Å². The first-order valence-corrected chi connectivity index (χ1v) is 9.89. The van der Waals surface area contributed by atoms with Gasteiger partial charge >= 0.3 is 0 Å².